The Hall–Kier alpha value is -4.06. The molecule has 1 N–H and O–H groups in total. The number of fused-ring (bicyclic) bond motifs is 3. The number of nitrogens with zero attached hydrogens (tertiary/aromatic N) is 3. The van der Waals surface area contributed by atoms with Crippen LogP contribution in [0.5, 0.6) is 5.75 Å². The molecule has 2 aromatic heterocycles. The zero-order valence-corrected chi connectivity index (χ0v) is 16.4. The van der Waals surface area contributed by atoms with Gasteiger partial charge < -0.3 is 14.6 Å². The van der Waals surface area contributed by atoms with Gasteiger partial charge in [0, 0.05) is 18.0 Å². The molecule has 0 bridgehead atoms. The summed E-state index contributed by atoms with van der Waals surface area (Å²) in [4.78, 5) is 17.7. The molecule has 0 fully saturated rings. The summed E-state index contributed by atoms with van der Waals surface area (Å²) in [7, 11) is 1.60. The van der Waals surface area contributed by atoms with E-state index in [0.717, 1.165) is 28.1 Å². The van der Waals surface area contributed by atoms with Gasteiger partial charge in [0.25, 0.3) is 0 Å². The highest BCUT2D eigenvalue weighted by atomic mass is 16.5. The number of hydrogen-bond acceptors (Lipinski definition) is 3. The van der Waals surface area contributed by atoms with Gasteiger partial charge in [-0.15, -0.1) is 0 Å². The summed E-state index contributed by atoms with van der Waals surface area (Å²) in [5, 5.41) is 2.96. The number of benzene rings is 3. The molecule has 0 aliphatic carbocycles. The summed E-state index contributed by atoms with van der Waals surface area (Å²) < 4.78 is 9.23. The van der Waals surface area contributed by atoms with E-state index in [2.05, 4.69) is 5.32 Å². The first-order chi connectivity index (χ1) is 14.7. The fourth-order valence-corrected chi connectivity index (χ4v) is 3.69. The zero-order valence-electron chi connectivity index (χ0n) is 16.4. The van der Waals surface area contributed by atoms with Crippen molar-refractivity contribution < 1.29 is 9.53 Å². The molecule has 5 rings (SSSR count). The second kappa shape index (κ2) is 7.40. The van der Waals surface area contributed by atoms with Gasteiger partial charge in [0.2, 0.25) is 11.7 Å². The van der Waals surface area contributed by atoms with Crippen molar-refractivity contribution in [3.05, 3.63) is 85.1 Å². The van der Waals surface area contributed by atoms with Crippen LogP contribution in [0.25, 0.3) is 28.1 Å². The third-order valence-corrected chi connectivity index (χ3v) is 5.09. The Morgan fingerprint density at radius 3 is 2.63 bits per heavy atom. The van der Waals surface area contributed by atoms with Crippen molar-refractivity contribution in [3.8, 4) is 17.0 Å². The molecular formula is C24H20N4O2. The number of ether oxygens (including phenoxy) is 1. The van der Waals surface area contributed by atoms with Crippen LogP contribution in [0.3, 0.4) is 0 Å². The van der Waals surface area contributed by atoms with Crippen LogP contribution in [-0.4, -0.2) is 27.0 Å². The Morgan fingerprint density at radius 2 is 1.80 bits per heavy atom. The molecule has 0 radical (unpaired) electrons. The molecule has 30 heavy (non-hydrogen) atoms. The van der Waals surface area contributed by atoms with Crippen LogP contribution >= 0.6 is 0 Å². The Kier molecular flexibility index (Phi) is 4.44. The minimum atomic E-state index is -0.134. The molecule has 0 unspecified atom stereocenters. The second-order valence-electron chi connectivity index (χ2n) is 7.02. The number of imidazole rings is 2. The monoisotopic (exact) mass is 396 g/mol. The molecular weight excluding hydrogens is 376 g/mol. The number of rotatable bonds is 5. The average Bonchev–Trinajstić information content (AvgIpc) is 3.31. The number of nitrogens with one attached hydrogen (secondary N) is 1. The van der Waals surface area contributed by atoms with E-state index >= 15 is 0 Å². The van der Waals surface area contributed by atoms with E-state index in [-0.39, 0.29) is 12.5 Å². The van der Waals surface area contributed by atoms with Gasteiger partial charge >= 0.3 is 0 Å². The molecule has 0 aliphatic rings. The number of methoxy groups -OCH3 is 1. The Labute approximate surface area is 173 Å². The lowest BCUT2D eigenvalue weighted by atomic mass is 10.1. The minimum Gasteiger partial charge on any atom is -0.497 e. The number of carbonyl (C=O) groups excluding carboxylic acids is 1. The summed E-state index contributed by atoms with van der Waals surface area (Å²) >= 11 is 0. The van der Waals surface area contributed by atoms with Crippen LogP contribution in [-0.2, 0) is 11.3 Å². The van der Waals surface area contributed by atoms with Gasteiger partial charge in [0.1, 0.15) is 12.3 Å². The van der Waals surface area contributed by atoms with Crippen molar-refractivity contribution >= 4 is 28.4 Å². The van der Waals surface area contributed by atoms with Crippen LogP contribution in [0.15, 0.2) is 85.1 Å². The van der Waals surface area contributed by atoms with E-state index in [1.165, 1.54) is 0 Å². The first-order valence-electron chi connectivity index (χ1n) is 9.68. The molecule has 148 valence electrons. The maximum atomic E-state index is 12.9. The number of aromatic nitrogens is 3. The van der Waals surface area contributed by atoms with Gasteiger partial charge in [-0.3, -0.25) is 9.20 Å². The summed E-state index contributed by atoms with van der Waals surface area (Å²) in [6.45, 7) is 0.140. The highest BCUT2D eigenvalue weighted by Crippen LogP contribution is 2.27. The molecule has 0 saturated heterocycles. The molecule has 2 heterocycles. The number of hydrogen-bond donors (Lipinski definition) is 1. The summed E-state index contributed by atoms with van der Waals surface area (Å²) in [6.07, 6.45) is 2.04. The quantitative estimate of drug-likeness (QED) is 0.472. The normalized spacial score (nSPS) is 11.1. The van der Waals surface area contributed by atoms with Crippen LogP contribution in [0, 0.1) is 0 Å². The number of amides is 1. The van der Waals surface area contributed by atoms with Crippen LogP contribution in [0.1, 0.15) is 0 Å². The van der Waals surface area contributed by atoms with Gasteiger partial charge in [0.05, 0.1) is 23.8 Å². The van der Waals surface area contributed by atoms with Crippen molar-refractivity contribution in [3.63, 3.8) is 0 Å². The molecule has 0 saturated carbocycles. The van der Waals surface area contributed by atoms with Crippen LogP contribution in [0.4, 0.5) is 5.69 Å². The molecule has 0 aliphatic heterocycles. The topological polar surface area (TPSA) is 60.6 Å². The summed E-state index contributed by atoms with van der Waals surface area (Å²) in [6, 6.07) is 25.3. The van der Waals surface area contributed by atoms with Crippen molar-refractivity contribution in [1.82, 2.24) is 14.0 Å². The number of carbonyl (C=O) groups is 1. The average molecular weight is 396 g/mol. The number of anilines is 1. The number of para-hydroxylation sites is 2. The Balaban J connectivity index is 1.56. The highest BCUT2D eigenvalue weighted by Gasteiger charge is 2.17. The molecule has 6 heteroatoms. The third-order valence-electron chi connectivity index (χ3n) is 5.09. The van der Waals surface area contributed by atoms with Gasteiger partial charge in [-0.25, -0.2) is 4.98 Å². The summed E-state index contributed by atoms with van der Waals surface area (Å²) in [5.41, 5.74) is 4.56. The van der Waals surface area contributed by atoms with Crippen molar-refractivity contribution in [2.75, 3.05) is 12.4 Å². The summed E-state index contributed by atoms with van der Waals surface area (Å²) in [5.74, 6) is 1.29. The Bertz CT molecular complexity index is 1350. The smallest absolute Gasteiger partial charge is 0.244 e. The van der Waals surface area contributed by atoms with Crippen molar-refractivity contribution in [2.24, 2.45) is 0 Å². The lowest BCUT2D eigenvalue weighted by molar-refractivity contribution is -0.116. The fourth-order valence-electron chi connectivity index (χ4n) is 3.69. The maximum Gasteiger partial charge on any atom is 0.244 e. The fraction of sp³-hybridized carbons (Fsp3) is 0.0833. The van der Waals surface area contributed by atoms with E-state index in [1.807, 2.05) is 88.0 Å². The SMILES string of the molecule is COc1cccc(NC(=O)Cn2c(-c3ccccc3)cn3c4ccccc4nc23)c1. The Morgan fingerprint density at radius 1 is 1.00 bits per heavy atom. The van der Waals surface area contributed by atoms with Crippen LogP contribution < -0.4 is 10.1 Å². The van der Waals surface area contributed by atoms with E-state index in [9.17, 15) is 4.79 Å². The molecule has 5 aromatic rings. The zero-order chi connectivity index (χ0) is 20.5. The molecule has 1 amide bonds. The first-order valence-corrected chi connectivity index (χ1v) is 9.68. The first kappa shape index (κ1) is 18.0. The third kappa shape index (κ3) is 3.18. The predicted molar refractivity (Wildman–Crippen MR) is 118 cm³/mol. The van der Waals surface area contributed by atoms with E-state index in [0.29, 0.717) is 11.4 Å². The van der Waals surface area contributed by atoms with E-state index in [1.54, 1.807) is 13.2 Å². The van der Waals surface area contributed by atoms with Gasteiger partial charge in [-0.05, 0) is 29.8 Å². The van der Waals surface area contributed by atoms with Gasteiger partial charge in [0.15, 0.2) is 0 Å². The largest absolute Gasteiger partial charge is 0.497 e. The van der Waals surface area contributed by atoms with Gasteiger partial charge in [-0.2, -0.15) is 0 Å². The lowest BCUT2D eigenvalue weighted by Gasteiger charge is -2.10. The maximum absolute atomic E-state index is 12.9. The molecule has 0 spiro atoms. The molecule has 6 nitrogen and oxygen atoms in total. The molecule has 0 atom stereocenters. The highest BCUT2D eigenvalue weighted by molar-refractivity contribution is 5.92. The van der Waals surface area contributed by atoms with E-state index < -0.39 is 0 Å². The van der Waals surface area contributed by atoms with Gasteiger partial charge in [-0.1, -0.05) is 48.5 Å². The van der Waals surface area contributed by atoms with E-state index in [4.69, 9.17) is 9.72 Å². The molecule has 3 aromatic carbocycles. The lowest BCUT2D eigenvalue weighted by Crippen LogP contribution is -2.19. The standard InChI is InChI=1S/C24H20N4O2/c1-30-19-11-7-10-18(14-19)25-23(29)16-28-22(17-8-3-2-4-9-17)15-27-21-13-6-5-12-20(21)26-24(27)28/h2-15H,16H2,1H3,(H,25,29). The van der Waals surface area contributed by atoms with Crippen molar-refractivity contribution in [2.45, 2.75) is 6.54 Å². The second-order valence-corrected chi connectivity index (χ2v) is 7.02. The van der Waals surface area contributed by atoms with Crippen molar-refractivity contribution in [1.29, 1.82) is 0 Å². The minimum absolute atomic E-state index is 0.134. The van der Waals surface area contributed by atoms with Crippen LogP contribution in [0.2, 0.25) is 0 Å². The predicted octanol–water partition coefficient (Wildman–Crippen LogP) is 4.60.